The Morgan fingerprint density at radius 3 is 2.77 bits per heavy atom. The minimum absolute atomic E-state index is 0.0618. The quantitative estimate of drug-likeness (QED) is 0.486. The summed E-state index contributed by atoms with van der Waals surface area (Å²) in [5, 5.41) is 10.2. The van der Waals surface area contributed by atoms with Gasteiger partial charge >= 0.3 is 0 Å². The first-order valence-electron chi connectivity index (χ1n) is 8.02. The zero-order valence-corrected chi connectivity index (χ0v) is 14.9. The van der Waals surface area contributed by atoms with Crippen LogP contribution in [0.15, 0.2) is 46.9 Å². The monoisotopic (exact) mass is 367 g/mol. The SMILES string of the molecule is C=C/C=C(\S)C(=O)N1CCN(c2c(C#N)c(=O)[nH]c3ccncc23)CC1. The van der Waals surface area contributed by atoms with E-state index >= 15 is 0 Å². The Hall–Kier alpha value is -3.05. The van der Waals surface area contributed by atoms with Gasteiger partial charge in [0.15, 0.2) is 0 Å². The molecule has 3 rings (SSSR count). The summed E-state index contributed by atoms with van der Waals surface area (Å²) in [6, 6.07) is 3.70. The van der Waals surface area contributed by atoms with E-state index in [2.05, 4.69) is 29.2 Å². The lowest BCUT2D eigenvalue weighted by Crippen LogP contribution is -2.49. The lowest BCUT2D eigenvalue weighted by molar-refractivity contribution is -0.126. The number of aromatic amines is 1. The van der Waals surface area contributed by atoms with Crippen LogP contribution in [0.5, 0.6) is 0 Å². The summed E-state index contributed by atoms with van der Waals surface area (Å²) < 4.78 is 0. The first-order chi connectivity index (χ1) is 12.6. The second kappa shape index (κ2) is 7.45. The van der Waals surface area contributed by atoms with Crippen molar-refractivity contribution in [2.45, 2.75) is 0 Å². The standard InChI is InChI=1S/C18H17N5O2S/c1-2-3-15(26)18(25)23-8-6-22(7-9-23)16-12(10-19)17(24)21-14-4-5-20-11-13(14)16/h2-5,11,26H,1,6-9H2,(H,21,24)/b15-3-. The van der Waals surface area contributed by atoms with Gasteiger partial charge in [-0.2, -0.15) is 5.26 Å². The average molecular weight is 367 g/mol. The Balaban J connectivity index is 1.92. The van der Waals surface area contributed by atoms with Crippen molar-refractivity contribution in [2.75, 3.05) is 31.1 Å². The number of rotatable bonds is 3. The van der Waals surface area contributed by atoms with Crippen molar-refractivity contribution >= 4 is 35.1 Å². The van der Waals surface area contributed by atoms with Crippen molar-refractivity contribution in [2.24, 2.45) is 0 Å². The molecule has 0 bridgehead atoms. The van der Waals surface area contributed by atoms with Crippen LogP contribution in [-0.4, -0.2) is 47.0 Å². The molecule has 8 heteroatoms. The number of carbonyl (C=O) groups excluding carboxylic acids is 1. The highest BCUT2D eigenvalue weighted by atomic mass is 32.1. The highest BCUT2D eigenvalue weighted by Gasteiger charge is 2.26. The number of thiol groups is 1. The van der Waals surface area contributed by atoms with Gasteiger partial charge in [0.25, 0.3) is 11.5 Å². The van der Waals surface area contributed by atoms with Crippen molar-refractivity contribution < 1.29 is 4.79 Å². The van der Waals surface area contributed by atoms with Gasteiger partial charge in [-0.15, -0.1) is 12.6 Å². The fraction of sp³-hybridized carbons (Fsp3) is 0.222. The van der Waals surface area contributed by atoms with Crippen LogP contribution in [-0.2, 0) is 4.79 Å². The number of pyridine rings is 2. The molecule has 26 heavy (non-hydrogen) atoms. The number of aromatic nitrogens is 2. The van der Waals surface area contributed by atoms with E-state index in [1.54, 1.807) is 29.4 Å². The minimum Gasteiger partial charge on any atom is -0.366 e. The molecule has 0 saturated carbocycles. The van der Waals surface area contributed by atoms with Crippen LogP contribution in [0.1, 0.15) is 5.56 Å². The highest BCUT2D eigenvalue weighted by molar-refractivity contribution is 7.85. The molecular formula is C18H17N5O2S. The van der Waals surface area contributed by atoms with Crippen LogP contribution >= 0.6 is 12.6 Å². The van der Waals surface area contributed by atoms with Crippen molar-refractivity contribution in [3.05, 3.63) is 58.0 Å². The van der Waals surface area contributed by atoms with Crippen LogP contribution < -0.4 is 10.5 Å². The lowest BCUT2D eigenvalue weighted by Gasteiger charge is -2.36. The topological polar surface area (TPSA) is 93.1 Å². The molecule has 0 spiro atoms. The predicted molar refractivity (Wildman–Crippen MR) is 103 cm³/mol. The number of H-pyrrole nitrogens is 1. The van der Waals surface area contributed by atoms with Crippen molar-refractivity contribution in [3.63, 3.8) is 0 Å². The Bertz CT molecular complexity index is 997. The smallest absolute Gasteiger partial charge is 0.268 e. The molecule has 1 aliphatic rings. The number of hydrogen-bond donors (Lipinski definition) is 2. The molecule has 2 aromatic heterocycles. The van der Waals surface area contributed by atoms with Gasteiger partial charge in [-0.05, 0) is 12.1 Å². The van der Waals surface area contributed by atoms with Crippen molar-refractivity contribution in [1.82, 2.24) is 14.9 Å². The number of allylic oxidation sites excluding steroid dienone is 2. The lowest BCUT2D eigenvalue weighted by atomic mass is 10.1. The number of carbonyl (C=O) groups is 1. The molecule has 132 valence electrons. The van der Waals surface area contributed by atoms with E-state index in [0.29, 0.717) is 47.7 Å². The molecule has 1 N–H and O–H groups in total. The molecule has 2 aromatic rings. The van der Waals surface area contributed by atoms with Gasteiger partial charge in [-0.25, -0.2) is 0 Å². The fourth-order valence-electron chi connectivity index (χ4n) is 3.03. The third-order valence-corrected chi connectivity index (χ3v) is 4.62. The molecule has 3 heterocycles. The number of nitriles is 1. The Labute approximate surface area is 155 Å². The zero-order chi connectivity index (χ0) is 18.7. The van der Waals surface area contributed by atoms with Crippen molar-refractivity contribution in [3.8, 4) is 6.07 Å². The molecule has 0 atom stereocenters. The van der Waals surface area contributed by atoms with Gasteiger partial charge in [0, 0.05) is 44.0 Å². The van der Waals surface area contributed by atoms with E-state index in [-0.39, 0.29) is 11.5 Å². The van der Waals surface area contributed by atoms with Gasteiger partial charge < -0.3 is 14.8 Å². The maximum absolute atomic E-state index is 12.3. The van der Waals surface area contributed by atoms with E-state index in [4.69, 9.17) is 0 Å². The number of piperazine rings is 1. The number of nitrogens with zero attached hydrogens (tertiary/aromatic N) is 4. The van der Waals surface area contributed by atoms with Crippen molar-refractivity contribution in [1.29, 1.82) is 5.26 Å². The second-order valence-corrected chi connectivity index (χ2v) is 6.26. The summed E-state index contributed by atoms with van der Waals surface area (Å²) in [7, 11) is 0. The van der Waals surface area contributed by atoms with Gasteiger partial charge in [-0.1, -0.05) is 12.7 Å². The molecule has 7 nitrogen and oxygen atoms in total. The molecular weight excluding hydrogens is 350 g/mol. The first kappa shape index (κ1) is 17.8. The highest BCUT2D eigenvalue weighted by Crippen LogP contribution is 2.27. The van der Waals surface area contributed by atoms with Gasteiger partial charge in [0.1, 0.15) is 11.6 Å². The molecule has 0 unspecified atom stereocenters. The zero-order valence-electron chi connectivity index (χ0n) is 14.0. The van der Waals surface area contributed by atoms with Gasteiger partial charge in [0.05, 0.1) is 16.1 Å². The normalized spacial score (nSPS) is 15.0. The van der Waals surface area contributed by atoms with Gasteiger partial charge in [-0.3, -0.25) is 14.6 Å². The minimum atomic E-state index is -0.425. The number of nitrogens with one attached hydrogen (secondary N) is 1. The molecule has 0 radical (unpaired) electrons. The molecule has 1 fully saturated rings. The third kappa shape index (κ3) is 3.21. The fourth-order valence-corrected chi connectivity index (χ4v) is 3.28. The third-order valence-electron chi connectivity index (χ3n) is 4.28. The Kier molecular flexibility index (Phi) is 5.09. The van der Waals surface area contributed by atoms with E-state index in [1.165, 1.54) is 6.08 Å². The van der Waals surface area contributed by atoms with Crippen LogP contribution in [0, 0.1) is 11.3 Å². The summed E-state index contributed by atoms with van der Waals surface area (Å²) in [5.74, 6) is -0.161. The number of hydrogen-bond acceptors (Lipinski definition) is 6. The van der Waals surface area contributed by atoms with E-state index in [0.717, 1.165) is 0 Å². The molecule has 0 aliphatic carbocycles. The molecule has 0 aromatic carbocycles. The molecule has 1 saturated heterocycles. The van der Waals surface area contributed by atoms with Crippen LogP contribution in [0.2, 0.25) is 0 Å². The average Bonchev–Trinajstić information content (AvgIpc) is 2.66. The second-order valence-electron chi connectivity index (χ2n) is 5.78. The maximum atomic E-state index is 12.3. The van der Waals surface area contributed by atoms with E-state index < -0.39 is 5.56 Å². The Morgan fingerprint density at radius 1 is 1.38 bits per heavy atom. The van der Waals surface area contributed by atoms with Crippen LogP contribution in [0.3, 0.4) is 0 Å². The van der Waals surface area contributed by atoms with E-state index in [9.17, 15) is 14.9 Å². The summed E-state index contributed by atoms with van der Waals surface area (Å²) in [5.41, 5.74) is 0.834. The molecule has 1 aliphatic heterocycles. The number of amides is 1. The molecule has 1 amide bonds. The summed E-state index contributed by atoms with van der Waals surface area (Å²) in [6.07, 6.45) is 6.30. The van der Waals surface area contributed by atoms with Crippen LogP contribution in [0.4, 0.5) is 5.69 Å². The van der Waals surface area contributed by atoms with Gasteiger partial charge in [0.2, 0.25) is 0 Å². The summed E-state index contributed by atoms with van der Waals surface area (Å²) in [6.45, 7) is 5.50. The Morgan fingerprint density at radius 2 is 2.12 bits per heavy atom. The van der Waals surface area contributed by atoms with Crippen LogP contribution in [0.25, 0.3) is 10.9 Å². The largest absolute Gasteiger partial charge is 0.366 e. The predicted octanol–water partition coefficient (Wildman–Crippen LogP) is 1.44. The maximum Gasteiger partial charge on any atom is 0.268 e. The first-order valence-corrected chi connectivity index (χ1v) is 8.47. The number of fused-ring (bicyclic) bond motifs is 1. The van der Waals surface area contributed by atoms with E-state index in [1.807, 2.05) is 11.0 Å². The summed E-state index contributed by atoms with van der Waals surface area (Å²) in [4.78, 5) is 35.4. The summed E-state index contributed by atoms with van der Waals surface area (Å²) >= 11 is 4.19. The number of anilines is 1.